The van der Waals surface area contributed by atoms with Crippen LogP contribution in [-0.2, 0) is 4.79 Å². The number of tetrazole rings is 1. The first-order valence-electron chi connectivity index (χ1n) is 7.64. The molecule has 2 aromatic carbocycles. The lowest BCUT2D eigenvalue weighted by Crippen LogP contribution is -2.15. The van der Waals surface area contributed by atoms with Crippen molar-refractivity contribution in [2.75, 3.05) is 11.9 Å². The van der Waals surface area contributed by atoms with Gasteiger partial charge in [0.2, 0.25) is 5.91 Å². The largest absolute Gasteiger partial charge is 0.493 e. The van der Waals surface area contributed by atoms with E-state index in [9.17, 15) is 9.18 Å². The highest BCUT2D eigenvalue weighted by Crippen LogP contribution is 2.18. The van der Waals surface area contributed by atoms with E-state index in [0.717, 1.165) is 11.3 Å². The quantitative estimate of drug-likeness (QED) is 0.745. The van der Waals surface area contributed by atoms with E-state index in [1.165, 1.54) is 30.6 Å². The van der Waals surface area contributed by atoms with E-state index < -0.39 is 0 Å². The van der Waals surface area contributed by atoms with Gasteiger partial charge in [0.1, 0.15) is 17.9 Å². The number of amides is 1. The number of hydrogen-bond donors (Lipinski definition) is 1. The maximum absolute atomic E-state index is 12.8. The third-order valence-electron chi connectivity index (χ3n) is 3.49. The van der Waals surface area contributed by atoms with E-state index in [0.29, 0.717) is 11.4 Å². The summed E-state index contributed by atoms with van der Waals surface area (Å²) < 4.78 is 19.8. The van der Waals surface area contributed by atoms with Gasteiger partial charge in [0, 0.05) is 5.69 Å². The Morgan fingerprint density at radius 2 is 2.04 bits per heavy atom. The Morgan fingerprint density at radius 3 is 2.72 bits per heavy atom. The Balaban J connectivity index is 1.52. The number of nitrogens with zero attached hydrogens (tertiary/aromatic N) is 4. The van der Waals surface area contributed by atoms with E-state index in [1.54, 1.807) is 10.7 Å². The van der Waals surface area contributed by atoms with E-state index >= 15 is 0 Å². The summed E-state index contributed by atoms with van der Waals surface area (Å²) in [5.41, 5.74) is 2.44. The highest BCUT2D eigenvalue weighted by Gasteiger charge is 2.07. The van der Waals surface area contributed by atoms with Crippen molar-refractivity contribution in [3.8, 4) is 11.4 Å². The normalized spacial score (nSPS) is 10.5. The van der Waals surface area contributed by atoms with Crippen molar-refractivity contribution in [1.82, 2.24) is 20.2 Å². The minimum atomic E-state index is -0.328. The molecule has 0 unspecified atom stereocenters. The van der Waals surface area contributed by atoms with Gasteiger partial charge in [-0.3, -0.25) is 4.79 Å². The molecular formula is C17H16FN5O2. The second kappa shape index (κ2) is 7.52. The average molecular weight is 341 g/mol. The summed E-state index contributed by atoms with van der Waals surface area (Å²) in [5, 5.41) is 13.9. The molecule has 0 bridgehead atoms. The maximum atomic E-state index is 12.8. The Labute approximate surface area is 143 Å². The Morgan fingerprint density at radius 1 is 1.24 bits per heavy atom. The first-order valence-corrected chi connectivity index (χ1v) is 7.64. The van der Waals surface area contributed by atoms with Crippen LogP contribution in [0.1, 0.15) is 12.0 Å². The smallest absolute Gasteiger partial charge is 0.227 e. The van der Waals surface area contributed by atoms with Crippen molar-refractivity contribution in [2.24, 2.45) is 0 Å². The van der Waals surface area contributed by atoms with E-state index in [2.05, 4.69) is 20.8 Å². The molecule has 25 heavy (non-hydrogen) atoms. The van der Waals surface area contributed by atoms with Crippen LogP contribution in [0.2, 0.25) is 0 Å². The molecule has 0 aliphatic heterocycles. The molecule has 1 heterocycles. The third-order valence-corrected chi connectivity index (χ3v) is 3.49. The minimum absolute atomic E-state index is 0.170. The lowest BCUT2D eigenvalue weighted by Gasteiger charge is -2.10. The molecule has 0 radical (unpaired) electrons. The topological polar surface area (TPSA) is 81.9 Å². The van der Waals surface area contributed by atoms with Gasteiger partial charge >= 0.3 is 0 Å². The van der Waals surface area contributed by atoms with Crippen LogP contribution in [0.15, 0.2) is 48.8 Å². The number of anilines is 1. The fourth-order valence-corrected chi connectivity index (χ4v) is 2.28. The molecule has 0 aliphatic rings. The van der Waals surface area contributed by atoms with Gasteiger partial charge in [-0.2, -0.15) is 0 Å². The minimum Gasteiger partial charge on any atom is -0.493 e. The van der Waals surface area contributed by atoms with Gasteiger partial charge < -0.3 is 10.1 Å². The predicted molar refractivity (Wildman–Crippen MR) is 89.0 cm³/mol. The van der Waals surface area contributed by atoms with E-state index in [1.807, 2.05) is 19.1 Å². The monoisotopic (exact) mass is 341 g/mol. The molecule has 7 nitrogen and oxygen atoms in total. The number of aryl methyl sites for hydroxylation is 1. The number of carbonyl (C=O) groups excluding carboxylic acids is 1. The second-order valence-electron chi connectivity index (χ2n) is 5.36. The molecule has 0 aliphatic carbocycles. The van der Waals surface area contributed by atoms with Gasteiger partial charge in [-0.05, 0) is 65.4 Å². The van der Waals surface area contributed by atoms with Crippen molar-refractivity contribution in [2.45, 2.75) is 13.3 Å². The zero-order valence-corrected chi connectivity index (χ0v) is 13.5. The van der Waals surface area contributed by atoms with Crippen LogP contribution in [0, 0.1) is 12.7 Å². The van der Waals surface area contributed by atoms with Crippen molar-refractivity contribution in [3.63, 3.8) is 0 Å². The van der Waals surface area contributed by atoms with Gasteiger partial charge in [0.15, 0.2) is 0 Å². The number of nitrogens with one attached hydrogen (secondary N) is 1. The zero-order chi connectivity index (χ0) is 17.6. The first kappa shape index (κ1) is 16.6. The van der Waals surface area contributed by atoms with Gasteiger partial charge in [-0.15, -0.1) is 5.10 Å². The third kappa shape index (κ3) is 4.37. The van der Waals surface area contributed by atoms with Crippen LogP contribution in [0.25, 0.3) is 5.69 Å². The summed E-state index contributed by atoms with van der Waals surface area (Å²) in [6.07, 6.45) is 1.69. The summed E-state index contributed by atoms with van der Waals surface area (Å²) in [4.78, 5) is 12.0. The molecule has 1 N–H and O–H groups in total. The summed E-state index contributed by atoms with van der Waals surface area (Å²) in [6.45, 7) is 2.11. The molecule has 1 amide bonds. The van der Waals surface area contributed by atoms with Crippen LogP contribution in [0.5, 0.6) is 5.75 Å². The number of carbonyl (C=O) groups is 1. The van der Waals surface area contributed by atoms with Crippen molar-refractivity contribution >= 4 is 11.6 Å². The van der Waals surface area contributed by atoms with Gasteiger partial charge in [-0.1, -0.05) is 0 Å². The number of benzene rings is 2. The molecule has 3 aromatic rings. The Bertz CT molecular complexity index is 850. The maximum Gasteiger partial charge on any atom is 0.227 e. The van der Waals surface area contributed by atoms with Crippen molar-refractivity contribution in [1.29, 1.82) is 0 Å². The molecule has 8 heteroatoms. The van der Waals surface area contributed by atoms with Crippen LogP contribution in [0.4, 0.5) is 10.1 Å². The number of rotatable bonds is 6. The molecule has 128 valence electrons. The molecule has 0 saturated heterocycles. The van der Waals surface area contributed by atoms with Crippen molar-refractivity contribution < 1.29 is 13.9 Å². The summed E-state index contributed by atoms with van der Waals surface area (Å²) >= 11 is 0. The predicted octanol–water partition coefficient (Wildman–Crippen LogP) is 2.52. The molecular weight excluding hydrogens is 325 g/mol. The Kier molecular flexibility index (Phi) is 4.98. The van der Waals surface area contributed by atoms with Gasteiger partial charge in [-0.25, -0.2) is 9.07 Å². The van der Waals surface area contributed by atoms with E-state index in [4.69, 9.17) is 4.74 Å². The number of aromatic nitrogens is 4. The molecule has 0 saturated carbocycles. The van der Waals surface area contributed by atoms with Gasteiger partial charge in [0.25, 0.3) is 0 Å². The molecule has 3 rings (SSSR count). The summed E-state index contributed by atoms with van der Waals surface area (Å²) in [7, 11) is 0. The van der Waals surface area contributed by atoms with Crippen LogP contribution >= 0.6 is 0 Å². The van der Waals surface area contributed by atoms with Crippen LogP contribution in [-0.4, -0.2) is 32.7 Å². The fraction of sp³-hybridized carbons (Fsp3) is 0.176. The van der Waals surface area contributed by atoms with Crippen LogP contribution < -0.4 is 10.1 Å². The zero-order valence-electron chi connectivity index (χ0n) is 13.5. The SMILES string of the molecule is Cc1cc(NC(=O)CCOc2ccc(F)cc2)ccc1-n1cnnn1. The van der Waals surface area contributed by atoms with Crippen molar-refractivity contribution in [3.05, 3.63) is 60.2 Å². The average Bonchev–Trinajstić information content (AvgIpc) is 3.11. The standard InChI is InChI=1S/C17H16FN5O2/c1-12-10-14(4-7-16(12)23-11-19-21-22-23)20-17(24)8-9-25-15-5-2-13(18)3-6-15/h2-7,10-11H,8-9H2,1H3,(H,20,24). The lowest BCUT2D eigenvalue weighted by molar-refractivity contribution is -0.116. The fourth-order valence-electron chi connectivity index (χ4n) is 2.28. The summed E-state index contributed by atoms with van der Waals surface area (Å²) in [5.74, 6) is 0.0260. The highest BCUT2D eigenvalue weighted by atomic mass is 19.1. The number of hydrogen-bond acceptors (Lipinski definition) is 5. The number of halogens is 1. The van der Waals surface area contributed by atoms with E-state index in [-0.39, 0.29) is 24.8 Å². The lowest BCUT2D eigenvalue weighted by atomic mass is 10.1. The van der Waals surface area contributed by atoms with Gasteiger partial charge in [0.05, 0.1) is 18.7 Å². The first-order chi connectivity index (χ1) is 12.1. The summed E-state index contributed by atoms with van der Waals surface area (Å²) in [6, 6.07) is 11.1. The molecule has 0 fully saturated rings. The second-order valence-corrected chi connectivity index (χ2v) is 5.36. The molecule has 0 atom stereocenters. The highest BCUT2D eigenvalue weighted by molar-refractivity contribution is 5.91. The molecule has 1 aromatic heterocycles. The molecule has 0 spiro atoms. The van der Waals surface area contributed by atoms with Crippen LogP contribution in [0.3, 0.4) is 0 Å². The number of ether oxygens (including phenoxy) is 1. The Hall–Kier alpha value is -3.29.